The molecule has 3 rings (SSSR count). The molecule has 2 aromatic carbocycles. The number of benzene rings is 2. The van der Waals surface area contributed by atoms with Gasteiger partial charge in [-0.25, -0.2) is 0 Å². The first-order chi connectivity index (χ1) is 9.38. The van der Waals surface area contributed by atoms with Gasteiger partial charge in [0, 0.05) is 23.4 Å². The van der Waals surface area contributed by atoms with Crippen LogP contribution < -0.4 is 9.64 Å². The fourth-order valence-corrected chi connectivity index (χ4v) is 2.48. The molecular formula is C16H17NO2. The Morgan fingerprint density at radius 2 is 1.84 bits per heavy atom. The first-order valence-corrected chi connectivity index (χ1v) is 6.53. The molecule has 1 heterocycles. The van der Waals surface area contributed by atoms with E-state index in [0.29, 0.717) is 6.61 Å². The summed E-state index contributed by atoms with van der Waals surface area (Å²) in [6.07, 6.45) is 0. The molecule has 0 radical (unpaired) electrons. The summed E-state index contributed by atoms with van der Waals surface area (Å²) in [6, 6.07) is 16.1. The molecule has 0 saturated carbocycles. The van der Waals surface area contributed by atoms with E-state index in [1.807, 2.05) is 36.4 Å². The summed E-state index contributed by atoms with van der Waals surface area (Å²) in [5, 5.41) is 9.46. The highest BCUT2D eigenvalue weighted by Crippen LogP contribution is 2.28. The summed E-state index contributed by atoms with van der Waals surface area (Å²) >= 11 is 0. The lowest BCUT2D eigenvalue weighted by molar-refractivity contribution is 0.281. The summed E-state index contributed by atoms with van der Waals surface area (Å²) in [7, 11) is 0. The predicted octanol–water partition coefficient (Wildman–Crippen LogP) is 2.58. The number of ether oxygens (including phenoxy) is 1. The zero-order valence-electron chi connectivity index (χ0n) is 10.7. The lowest BCUT2D eigenvalue weighted by atomic mass is 10.1. The van der Waals surface area contributed by atoms with Crippen molar-refractivity contribution >= 4 is 5.69 Å². The molecule has 98 valence electrons. The second-order valence-electron chi connectivity index (χ2n) is 4.66. The molecule has 19 heavy (non-hydrogen) atoms. The Labute approximate surface area is 113 Å². The SMILES string of the molecule is OCc1ccccc1N1CCOc2ccccc2C1. The molecule has 0 fully saturated rings. The number of aliphatic hydroxyl groups excluding tert-OH is 1. The largest absolute Gasteiger partial charge is 0.491 e. The van der Waals surface area contributed by atoms with Crippen LogP contribution in [0, 0.1) is 0 Å². The molecule has 0 atom stereocenters. The first-order valence-electron chi connectivity index (χ1n) is 6.53. The average Bonchev–Trinajstić information content (AvgIpc) is 2.69. The van der Waals surface area contributed by atoms with Crippen molar-refractivity contribution in [3.8, 4) is 5.75 Å². The predicted molar refractivity (Wildman–Crippen MR) is 75.4 cm³/mol. The van der Waals surface area contributed by atoms with Crippen LogP contribution in [0.5, 0.6) is 5.75 Å². The minimum absolute atomic E-state index is 0.0647. The van der Waals surface area contributed by atoms with Gasteiger partial charge in [0.05, 0.1) is 13.2 Å². The van der Waals surface area contributed by atoms with Crippen molar-refractivity contribution in [2.75, 3.05) is 18.1 Å². The highest BCUT2D eigenvalue weighted by atomic mass is 16.5. The molecule has 3 nitrogen and oxygen atoms in total. The van der Waals surface area contributed by atoms with Crippen molar-refractivity contribution in [1.82, 2.24) is 0 Å². The fraction of sp³-hybridized carbons (Fsp3) is 0.250. The summed E-state index contributed by atoms with van der Waals surface area (Å²) in [6.45, 7) is 2.37. The second kappa shape index (κ2) is 5.33. The smallest absolute Gasteiger partial charge is 0.124 e. The van der Waals surface area contributed by atoms with Crippen LogP contribution in [0.3, 0.4) is 0 Å². The van der Waals surface area contributed by atoms with Gasteiger partial charge in [-0.15, -0.1) is 0 Å². The van der Waals surface area contributed by atoms with Gasteiger partial charge in [-0.2, -0.15) is 0 Å². The molecular weight excluding hydrogens is 238 g/mol. The Balaban J connectivity index is 1.94. The van der Waals surface area contributed by atoms with Gasteiger partial charge in [-0.05, 0) is 12.1 Å². The van der Waals surface area contributed by atoms with E-state index in [1.54, 1.807) is 0 Å². The molecule has 2 aromatic rings. The van der Waals surface area contributed by atoms with Gasteiger partial charge in [0.15, 0.2) is 0 Å². The van der Waals surface area contributed by atoms with Crippen molar-refractivity contribution in [3.63, 3.8) is 0 Å². The first kappa shape index (κ1) is 12.1. The van der Waals surface area contributed by atoms with Gasteiger partial charge < -0.3 is 14.7 Å². The third-order valence-electron chi connectivity index (χ3n) is 3.46. The molecule has 0 unspecified atom stereocenters. The normalized spacial score (nSPS) is 14.5. The van der Waals surface area contributed by atoms with Crippen molar-refractivity contribution in [2.45, 2.75) is 13.2 Å². The molecule has 3 heteroatoms. The molecule has 1 aliphatic rings. The van der Waals surface area contributed by atoms with Gasteiger partial charge in [-0.3, -0.25) is 0 Å². The van der Waals surface area contributed by atoms with Crippen LogP contribution in [0.2, 0.25) is 0 Å². The third-order valence-corrected chi connectivity index (χ3v) is 3.46. The lowest BCUT2D eigenvalue weighted by Crippen LogP contribution is -2.26. The maximum absolute atomic E-state index is 9.46. The molecule has 0 amide bonds. The lowest BCUT2D eigenvalue weighted by Gasteiger charge is -2.24. The number of anilines is 1. The van der Waals surface area contributed by atoms with Gasteiger partial charge in [-0.1, -0.05) is 36.4 Å². The van der Waals surface area contributed by atoms with Crippen molar-refractivity contribution in [3.05, 3.63) is 59.7 Å². The maximum Gasteiger partial charge on any atom is 0.124 e. The Bertz CT molecular complexity index is 568. The highest BCUT2D eigenvalue weighted by Gasteiger charge is 2.16. The number of para-hydroxylation sites is 2. The molecule has 0 spiro atoms. The molecule has 0 aromatic heterocycles. The van der Waals surface area contributed by atoms with E-state index < -0.39 is 0 Å². The highest BCUT2D eigenvalue weighted by molar-refractivity contribution is 5.55. The van der Waals surface area contributed by atoms with Crippen molar-refractivity contribution in [2.24, 2.45) is 0 Å². The van der Waals surface area contributed by atoms with E-state index in [-0.39, 0.29) is 6.61 Å². The Morgan fingerprint density at radius 1 is 1.05 bits per heavy atom. The van der Waals surface area contributed by atoms with Gasteiger partial charge in [0.1, 0.15) is 12.4 Å². The summed E-state index contributed by atoms with van der Waals surface area (Å²) in [5.41, 5.74) is 3.24. The Hall–Kier alpha value is -2.00. The van der Waals surface area contributed by atoms with Crippen LogP contribution in [0.4, 0.5) is 5.69 Å². The van der Waals surface area contributed by atoms with Gasteiger partial charge in [0.2, 0.25) is 0 Å². The van der Waals surface area contributed by atoms with E-state index >= 15 is 0 Å². The van der Waals surface area contributed by atoms with E-state index in [2.05, 4.69) is 17.0 Å². The number of hydrogen-bond donors (Lipinski definition) is 1. The number of hydrogen-bond acceptors (Lipinski definition) is 3. The van der Waals surface area contributed by atoms with Gasteiger partial charge >= 0.3 is 0 Å². The number of nitrogens with zero attached hydrogens (tertiary/aromatic N) is 1. The van der Waals surface area contributed by atoms with E-state index in [4.69, 9.17) is 4.74 Å². The summed E-state index contributed by atoms with van der Waals surface area (Å²) in [4.78, 5) is 2.26. The Kier molecular flexibility index (Phi) is 3.38. The maximum atomic E-state index is 9.46. The Morgan fingerprint density at radius 3 is 2.74 bits per heavy atom. The third kappa shape index (κ3) is 2.42. The zero-order chi connectivity index (χ0) is 13.1. The topological polar surface area (TPSA) is 32.7 Å². The van der Waals surface area contributed by atoms with Crippen LogP contribution in [0.1, 0.15) is 11.1 Å². The molecule has 0 aliphatic carbocycles. The number of aliphatic hydroxyl groups is 1. The van der Waals surface area contributed by atoms with Crippen molar-refractivity contribution in [1.29, 1.82) is 0 Å². The monoisotopic (exact) mass is 255 g/mol. The van der Waals surface area contributed by atoms with E-state index in [1.165, 1.54) is 5.56 Å². The summed E-state index contributed by atoms with van der Waals surface area (Å²) in [5.74, 6) is 0.964. The van der Waals surface area contributed by atoms with Crippen molar-refractivity contribution < 1.29 is 9.84 Å². The number of rotatable bonds is 2. The van der Waals surface area contributed by atoms with Crippen LogP contribution in [0.25, 0.3) is 0 Å². The van der Waals surface area contributed by atoms with Gasteiger partial charge in [0.25, 0.3) is 0 Å². The van der Waals surface area contributed by atoms with E-state index in [0.717, 1.165) is 30.1 Å². The quantitative estimate of drug-likeness (QED) is 0.895. The fourth-order valence-electron chi connectivity index (χ4n) is 2.48. The molecule has 1 N–H and O–H groups in total. The minimum Gasteiger partial charge on any atom is -0.491 e. The standard InChI is InChI=1S/C16H17NO2/c18-12-14-6-1-3-7-15(14)17-9-10-19-16-8-4-2-5-13(16)11-17/h1-8,18H,9-12H2. The zero-order valence-corrected chi connectivity index (χ0v) is 10.7. The van der Waals surface area contributed by atoms with Crippen LogP contribution in [0.15, 0.2) is 48.5 Å². The minimum atomic E-state index is 0.0647. The van der Waals surface area contributed by atoms with Crippen LogP contribution >= 0.6 is 0 Å². The van der Waals surface area contributed by atoms with Crippen LogP contribution in [-0.4, -0.2) is 18.3 Å². The molecule has 0 saturated heterocycles. The van der Waals surface area contributed by atoms with Crippen LogP contribution in [-0.2, 0) is 13.2 Å². The average molecular weight is 255 g/mol. The second-order valence-corrected chi connectivity index (χ2v) is 4.66. The molecule has 0 bridgehead atoms. The number of fused-ring (bicyclic) bond motifs is 1. The summed E-state index contributed by atoms with van der Waals surface area (Å²) < 4.78 is 5.77. The molecule has 1 aliphatic heterocycles. The van der Waals surface area contributed by atoms with E-state index in [9.17, 15) is 5.11 Å².